The fourth-order valence-electron chi connectivity index (χ4n) is 2.63. The SMILES string of the molecule is Cc1cc(NC2CCCc3sccc32)ncc1[N+](=O)[O-]. The van der Waals surface area contributed by atoms with Gasteiger partial charge in [0.05, 0.1) is 11.0 Å². The van der Waals surface area contributed by atoms with E-state index in [4.69, 9.17) is 0 Å². The second-order valence-electron chi connectivity index (χ2n) is 5.00. The van der Waals surface area contributed by atoms with Crippen LogP contribution in [0.2, 0.25) is 0 Å². The number of aryl methyl sites for hydroxylation is 2. The number of anilines is 1. The molecule has 1 aliphatic carbocycles. The molecule has 104 valence electrons. The van der Waals surface area contributed by atoms with Crippen LogP contribution in [-0.4, -0.2) is 9.91 Å². The molecule has 0 saturated carbocycles. The van der Waals surface area contributed by atoms with Crippen molar-refractivity contribution in [1.82, 2.24) is 4.98 Å². The summed E-state index contributed by atoms with van der Waals surface area (Å²) in [7, 11) is 0. The zero-order chi connectivity index (χ0) is 14.1. The van der Waals surface area contributed by atoms with E-state index in [1.807, 2.05) is 0 Å². The average molecular weight is 289 g/mol. The number of pyridine rings is 1. The Balaban J connectivity index is 1.83. The summed E-state index contributed by atoms with van der Waals surface area (Å²) in [6.45, 7) is 1.74. The molecule has 3 rings (SSSR count). The van der Waals surface area contributed by atoms with Crippen molar-refractivity contribution in [2.75, 3.05) is 5.32 Å². The molecule has 0 aromatic carbocycles. The summed E-state index contributed by atoms with van der Waals surface area (Å²) in [5.74, 6) is 0.706. The third-order valence-corrected chi connectivity index (χ3v) is 4.65. The van der Waals surface area contributed by atoms with Gasteiger partial charge in [-0.1, -0.05) is 0 Å². The molecular weight excluding hydrogens is 274 g/mol. The maximum atomic E-state index is 10.8. The Morgan fingerprint density at radius 2 is 2.40 bits per heavy atom. The molecule has 0 bridgehead atoms. The molecule has 1 aliphatic rings. The minimum atomic E-state index is -0.399. The minimum absolute atomic E-state index is 0.0652. The lowest BCUT2D eigenvalue weighted by atomic mass is 9.94. The van der Waals surface area contributed by atoms with E-state index >= 15 is 0 Å². The number of rotatable bonds is 3. The predicted octanol–water partition coefficient (Wildman–Crippen LogP) is 3.85. The van der Waals surface area contributed by atoms with E-state index in [2.05, 4.69) is 21.7 Å². The first-order valence-corrected chi connectivity index (χ1v) is 7.47. The van der Waals surface area contributed by atoms with Gasteiger partial charge in [0.25, 0.3) is 5.69 Å². The lowest BCUT2D eigenvalue weighted by Crippen LogP contribution is -2.16. The van der Waals surface area contributed by atoms with Gasteiger partial charge in [-0.05, 0) is 49.3 Å². The van der Waals surface area contributed by atoms with Crippen molar-refractivity contribution in [1.29, 1.82) is 0 Å². The van der Waals surface area contributed by atoms with E-state index in [1.165, 1.54) is 16.6 Å². The van der Waals surface area contributed by atoms with Crippen molar-refractivity contribution in [3.05, 3.63) is 49.8 Å². The zero-order valence-electron chi connectivity index (χ0n) is 11.1. The molecule has 5 nitrogen and oxygen atoms in total. The molecule has 0 aliphatic heterocycles. The van der Waals surface area contributed by atoms with Crippen LogP contribution in [0.3, 0.4) is 0 Å². The van der Waals surface area contributed by atoms with Crippen LogP contribution in [0.15, 0.2) is 23.7 Å². The van der Waals surface area contributed by atoms with Crippen LogP contribution in [0.25, 0.3) is 0 Å². The van der Waals surface area contributed by atoms with Crippen molar-refractivity contribution in [3.63, 3.8) is 0 Å². The van der Waals surface area contributed by atoms with Crippen LogP contribution in [0.5, 0.6) is 0 Å². The predicted molar refractivity (Wildman–Crippen MR) is 79.2 cm³/mol. The van der Waals surface area contributed by atoms with E-state index in [9.17, 15) is 10.1 Å². The Labute approximate surface area is 120 Å². The van der Waals surface area contributed by atoms with Crippen molar-refractivity contribution in [3.8, 4) is 0 Å². The minimum Gasteiger partial charge on any atom is -0.363 e. The molecule has 0 spiro atoms. The van der Waals surface area contributed by atoms with Crippen LogP contribution in [0, 0.1) is 17.0 Å². The van der Waals surface area contributed by atoms with Gasteiger partial charge in [0, 0.05) is 10.4 Å². The normalized spacial score (nSPS) is 17.6. The molecule has 1 N–H and O–H groups in total. The molecular formula is C14H15N3O2S. The Hall–Kier alpha value is -1.95. The van der Waals surface area contributed by atoms with E-state index in [-0.39, 0.29) is 11.7 Å². The van der Waals surface area contributed by atoms with Gasteiger partial charge in [0.1, 0.15) is 12.0 Å². The summed E-state index contributed by atoms with van der Waals surface area (Å²) in [5.41, 5.74) is 2.04. The molecule has 6 heteroatoms. The van der Waals surface area contributed by atoms with E-state index < -0.39 is 4.92 Å². The lowest BCUT2D eigenvalue weighted by Gasteiger charge is -2.24. The fourth-order valence-corrected chi connectivity index (χ4v) is 3.62. The topological polar surface area (TPSA) is 68.1 Å². The first-order valence-electron chi connectivity index (χ1n) is 6.59. The molecule has 2 aromatic rings. The average Bonchev–Trinajstić information content (AvgIpc) is 2.87. The number of nitrogens with one attached hydrogen (secondary N) is 1. The van der Waals surface area contributed by atoms with Crippen LogP contribution in [0.4, 0.5) is 11.5 Å². The monoisotopic (exact) mass is 289 g/mol. The number of hydrogen-bond acceptors (Lipinski definition) is 5. The number of hydrogen-bond donors (Lipinski definition) is 1. The zero-order valence-corrected chi connectivity index (χ0v) is 11.9. The van der Waals surface area contributed by atoms with E-state index in [0.717, 1.165) is 19.3 Å². The highest BCUT2D eigenvalue weighted by atomic mass is 32.1. The van der Waals surface area contributed by atoms with Gasteiger partial charge in [0.15, 0.2) is 0 Å². The van der Waals surface area contributed by atoms with Gasteiger partial charge in [0.2, 0.25) is 0 Å². The summed E-state index contributed by atoms with van der Waals surface area (Å²) < 4.78 is 0. The van der Waals surface area contributed by atoms with Crippen molar-refractivity contribution < 1.29 is 4.92 Å². The van der Waals surface area contributed by atoms with Gasteiger partial charge >= 0.3 is 0 Å². The van der Waals surface area contributed by atoms with Crippen molar-refractivity contribution in [2.45, 2.75) is 32.2 Å². The number of aromatic nitrogens is 1. The molecule has 1 atom stereocenters. The van der Waals surface area contributed by atoms with Crippen molar-refractivity contribution >= 4 is 22.8 Å². The van der Waals surface area contributed by atoms with Crippen LogP contribution in [0.1, 0.15) is 34.9 Å². The molecule has 0 radical (unpaired) electrons. The molecule has 2 heterocycles. The Bertz CT molecular complexity index is 654. The fraction of sp³-hybridized carbons (Fsp3) is 0.357. The van der Waals surface area contributed by atoms with Gasteiger partial charge < -0.3 is 5.32 Å². The Morgan fingerprint density at radius 3 is 3.15 bits per heavy atom. The first kappa shape index (κ1) is 13.1. The maximum Gasteiger partial charge on any atom is 0.290 e. The quantitative estimate of drug-likeness (QED) is 0.688. The highest BCUT2D eigenvalue weighted by molar-refractivity contribution is 7.10. The number of nitrogens with zero attached hydrogens (tertiary/aromatic N) is 2. The smallest absolute Gasteiger partial charge is 0.290 e. The van der Waals surface area contributed by atoms with Crippen LogP contribution < -0.4 is 5.32 Å². The standard InChI is InChI=1S/C14H15N3O2S/c1-9-7-14(15-8-12(9)17(18)19)16-11-3-2-4-13-10(11)5-6-20-13/h5-8,11H,2-4H2,1H3,(H,15,16). The third kappa shape index (κ3) is 2.38. The second-order valence-corrected chi connectivity index (χ2v) is 6.00. The van der Waals surface area contributed by atoms with Crippen LogP contribution in [-0.2, 0) is 6.42 Å². The molecule has 1 unspecified atom stereocenters. The highest BCUT2D eigenvalue weighted by Gasteiger charge is 2.22. The third-order valence-electron chi connectivity index (χ3n) is 3.65. The van der Waals surface area contributed by atoms with Gasteiger partial charge in [-0.2, -0.15) is 0 Å². The molecule has 0 amide bonds. The molecule has 0 saturated heterocycles. The van der Waals surface area contributed by atoms with E-state index in [1.54, 1.807) is 24.3 Å². The highest BCUT2D eigenvalue weighted by Crippen LogP contribution is 2.35. The maximum absolute atomic E-state index is 10.8. The molecule has 2 aromatic heterocycles. The lowest BCUT2D eigenvalue weighted by molar-refractivity contribution is -0.385. The van der Waals surface area contributed by atoms with E-state index in [0.29, 0.717) is 11.4 Å². The Morgan fingerprint density at radius 1 is 1.55 bits per heavy atom. The second kappa shape index (κ2) is 5.20. The summed E-state index contributed by atoms with van der Waals surface area (Å²) in [6.07, 6.45) is 4.71. The number of fused-ring (bicyclic) bond motifs is 1. The number of nitro groups is 1. The molecule has 0 fully saturated rings. The Kier molecular flexibility index (Phi) is 3.40. The molecule has 20 heavy (non-hydrogen) atoms. The van der Waals surface area contributed by atoms with Gasteiger partial charge in [-0.3, -0.25) is 10.1 Å². The van der Waals surface area contributed by atoms with Gasteiger partial charge in [-0.15, -0.1) is 11.3 Å². The largest absolute Gasteiger partial charge is 0.363 e. The summed E-state index contributed by atoms with van der Waals surface area (Å²) in [4.78, 5) is 16.0. The van der Waals surface area contributed by atoms with Gasteiger partial charge in [-0.25, -0.2) is 4.98 Å². The van der Waals surface area contributed by atoms with Crippen LogP contribution >= 0.6 is 11.3 Å². The van der Waals surface area contributed by atoms with Crippen molar-refractivity contribution in [2.24, 2.45) is 0 Å². The number of thiophene rings is 1. The first-order chi connectivity index (χ1) is 9.65. The summed E-state index contributed by atoms with van der Waals surface area (Å²) >= 11 is 1.80. The summed E-state index contributed by atoms with van der Waals surface area (Å²) in [5, 5.41) is 16.3. The summed E-state index contributed by atoms with van der Waals surface area (Å²) in [6, 6.07) is 4.17.